The van der Waals surface area contributed by atoms with Crippen LogP contribution in [0.1, 0.15) is 34.1 Å². The van der Waals surface area contributed by atoms with Crippen molar-refractivity contribution in [1.82, 2.24) is 0 Å². The summed E-state index contributed by atoms with van der Waals surface area (Å²) >= 11 is 0. The molecule has 4 atom stereocenters. The van der Waals surface area contributed by atoms with Crippen molar-refractivity contribution in [2.45, 2.75) is 40.2 Å². The summed E-state index contributed by atoms with van der Waals surface area (Å²) in [7, 11) is 0. The summed E-state index contributed by atoms with van der Waals surface area (Å²) in [6, 6.07) is 0. The molecule has 0 saturated carbocycles. The largest absolute Gasteiger partial charge is 0.465 e. The quantitative estimate of drug-likeness (QED) is 0.144. The van der Waals surface area contributed by atoms with Crippen molar-refractivity contribution in [3.05, 3.63) is 97.2 Å². The van der Waals surface area contributed by atoms with Crippen LogP contribution in [-0.2, 0) is 38.1 Å². The second kappa shape index (κ2) is 17.4. The Hall–Kier alpha value is -4.20. The number of rotatable bonds is 16. The Labute approximate surface area is 237 Å². The molecular weight excluding hydrogens is 512 g/mol. The van der Waals surface area contributed by atoms with E-state index in [9.17, 15) is 19.2 Å². The lowest BCUT2D eigenvalue weighted by Crippen LogP contribution is -2.39. The Balaban J connectivity index is 3.21. The van der Waals surface area contributed by atoms with Crippen LogP contribution in [0.5, 0.6) is 0 Å². The maximum absolute atomic E-state index is 13.3. The monoisotopic (exact) mass is 552 g/mol. The Bertz CT molecular complexity index is 1120. The molecule has 8 heteroatoms. The van der Waals surface area contributed by atoms with Crippen molar-refractivity contribution in [3.8, 4) is 0 Å². The smallest absolute Gasteiger partial charge is 0.316 e. The molecule has 0 aliphatic carbocycles. The first-order valence-electron chi connectivity index (χ1n) is 12.9. The van der Waals surface area contributed by atoms with Crippen LogP contribution in [0.4, 0.5) is 0 Å². The zero-order valence-corrected chi connectivity index (χ0v) is 23.9. The normalized spacial score (nSPS) is 20.6. The average molecular weight is 553 g/mol. The van der Waals surface area contributed by atoms with E-state index in [1.807, 2.05) is 6.92 Å². The maximum atomic E-state index is 13.3. The van der Waals surface area contributed by atoms with Crippen LogP contribution in [0.15, 0.2) is 97.2 Å². The van der Waals surface area contributed by atoms with Crippen molar-refractivity contribution in [1.29, 1.82) is 0 Å². The van der Waals surface area contributed by atoms with Gasteiger partial charge in [0.15, 0.2) is 0 Å². The van der Waals surface area contributed by atoms with Gasteiger partial charge in [0.05, 0.1) is 12.3 Å². The van der Waals surface area contributed by atoms with Crippen LogP contribution < -0.4 is 0 Å². The predicted molar refractivity (Wildman–Crippen MR) is 154 cm³/mol. The van der Waals surface area contributed by atoms with E-state index in [2.05, 4.69) is 26.3 Å². The van der Waals surface area contributed by atoms with Gasteiger partial charge in [0, 0.05) is 0 Å². The molecule has 1 fully saturated rings. The third kappa shape index (κ3) is 10.9. The van der Waals surface area contributed by atoms with Gasteiger partial charge < -0.3 is 18.9 Å². The number of hydrogen-bond donors (Lipinski definition) is 0. The number of carbonyl (C=O) groups is 4. The van der Waals surface area contributed by atoms with Crippen molar-refractivity contribution in [2.75, 3.05) is 19.8 Å². The van der Waals surface area contributed by atoms with Crippen molar-refractivity contribution in [2.24, 2.45) is 17.8 Å². The summed E-state index contributed by atoms with van der Waals surface area (Å²) in [5, 5.41) is 0. The van der Waals surface area contributed by atoms with E-state index in [0.29, 0.717) is 11.1 Å². The predicted octanol–water partition coefficient (Wildman–Crippen LogP) is 5.31. The van der Waals surface area contributed by atoms with E-state index in [4.69, 9.17) is 18.9 Å². The van der Waals surface area contributed by atoms with E-state index >= 15 is 0 Å². The third-order valence-corrected chi connectivity index (χ3v) is 6.17. The first kappa shape index (κ1) is 33.8. The highest BCUT2D eigenvalue weighted by atomic mass is 16.6. The van der Waals surface area contributed by atoms with E-state index in [1.165, 1.54) is 12.2 Å². The minimum atomic E-state index is -1.22. The average Bonchev–Trinajstić information content (AvgIpc) is 3.25. The summed E-state index contributed by atoms with van der Waals surface area (Å²) in [5.41, 5.74) is 2.91. The molecule has 40 heavy (non-hydrogen) atoms. The molecular formula is C32H40O8. The van der Waals surface area contributed by atoms with Gasteiger partial charge in [-0.15, -0.1) is 0 Å². The van der Waals surface area contributed by atoms with Crippen molar-refractivity contribution >= 4 is 23.9 Å². The van der Waals surface area contributed by atoms with E-state index < -0.39 is 47.7 Å². The molecule has 0 aromatic rings. The molecule has 216 valence electrons. The molecule has 4 unspecified atom stereocenters. The molecule has 1 aliphatic rings. The fourth-order valence-corrected chi connectivity index (χ4v) is 3.57. The van der Waals surface area contributed by atoms with Gasteiger partial charge in [-0.25, -0.2) is 0 Å². The minimum Gasteiger partial charge on any atom is -0.465 e. The van der Waals surface area contributed by atoms with Crippen LogP contribution in [-0.4, -0.2) is 49.8 Å². The molecule has 0 bridgehead atoms. The number of esters is 4. The second-order valence-corrected chi connectivity index (χ2v) is 9.24. The summed E-state index contributed by atoms with van der Waals surface area (Å²) in [4.78, 5) is 51.5. The Morgan fingerprint density at radius 2 is 1.38 bits per heavy atom. The molecule has 1 saturated heterocycles. The summed E-state index contributed by atoms with van der Waals surface area (Å²) in [6.45, 7) is 21.5. The molecule has 1 rings (SSSR count). The molecule has 1 aliphatic heterocycles. The highest BCUT2D eigenvalue weighted by Crippen LogP contribution is 2.37. The number of carbonyl (C=O) groups excluding carboxylic acids is 4. The topological polar surface area (TPSA) is 105 Å². The summed E-state index contributed by atoms with van der Waals surface area (Å²) in [5.74, 6) is -6.04. The Morgan fingerprint density at radius 3 is 1.93 bits per heavy atom. The van der Waals surface area contributed by atoms with Gasteiger partial charge >= 0.3 is 23.9 Å². The van der Waals surface area contributed by atoms with Gasteiger partial charge in [0.2, 0.25) is 0 Å². The third-order valence-electron chi connectivity index (χ3n) is 6.17. The molecule has 0 radical (unpaired) electrons. The van der Waals surface area contributed by atoms with Crippen molar-refractivity contribution < 1.29 is 38.1 Å². The number of ether oxygens (including phenoxy) is 4. The van der Waals surface area contributed by atoms with E-state index in [1.54, 1.807) is 57.2 Å². The Morgan fingerprint density at radius 1 is 0.825 bits per heavy atom. The zero-order chi connectivity index (χ0) is 30.2. The fourth-order valence-electron chi connectivity index (χ4n) is 3.57. The lowest BCUT2D eigenvalue weighted by molar-refractivity contribution is -0.158. The molecule has 1 heterocycles. The second-order valence-electron chi connectivity index (χ2n) is 9.24. The molecule has 0 amide bonds. The summed E-state index contributed by atoms with van der Waals surface area (Å²) < 4.78 is 21.5. The zero-order valence-electron chi connectivity index (χ0n) is 23.9. The van der Waals surface area contributed by atoms with Gasteiger partial charge in [-0.3, -0.25) is 19.2 Å². The lowest BCUT2D eigenvalue weighted by Gasteiger charge is -2.24. The van der Waals surface area contributed by atoms with Gasteiger partial charge in [-0.05, 0) is 39.8 Å². The molecule has 0 N–H and O–H groups in total. The van der Waals surface area contributed by atoms with E-state index in [-0.39, 0.29) is 26.2 Å². The van der Waals surface area contributed by atoms with Crippen LogP contribution in [0.3, 0.4) is 0 Å². The van der Waals surface area contributed by atoms with Crippen LogP contribution in [0, 0.1) is 17.8 Å². The van der Waals surface area contributed by atoms with Crippen molar-refractivity contribution in [3.63, 3.8) is 0 Å². The van der Waals surface area contributed by atoms with Crippen LogP contribution in [0.25, 0.3) is 0 Å². The first-order chi connectivity index (χ1) is 19.0. The first-order valence-corrected chi connectivity index (χ1v) is 12.9. The van der Waals surface area contributed by atoms with Gasteiger partial charge in [0.25, 0.3) is 0 Å². The summed E-state index contributed by atoms with van der Waals surface area (Å²) in [6.07, 6.45) is 11.3. The van der Waals surface area contributed by atoms with Gasteiger partial charge in [0.1, 0.15) is 37.8 Å². The molecule has 0 aromatic heterocycles. The number of cyclic esters (lactones) is 1. The SMILES string of the molecule is C=CC(C)=CCOC(=O)CCOC(=O)C(C=C(C)C=C)C1OC(=O)C(C=C(C)C=C)C1C(=O)OCC=C(C)C=C. The molecule has 8 nitrogen and oxygen atoms in total. The number of hydrogen-bond acceptors (Lipinski definition) is 8. The highest BCUT2D eigenvalue weighted by molar-refractivity contribution is 5.89. The number of allylic oxidation sites excluding steroid dienone is 8. The molecule has 0 spiro atoms. The van der Waals surface area contributed by atoms with Crippen LogP contribution in [0.2, 0.25) is 0 Å². The molecule has 0 aromatic carbocycles. The van der Waals surface area contributed by atoms with Crippen LogP contribution >= 0.6 is 0 Å². The highest BCUT2D eigenvalue weighted by Gasteiger charge is 2.53. The lowest BCUT2D eigenvalue weighted by atomic mass is 9.82. The Kier molecular flexibility index (Phi) is 14.7. The van der Waals surface area contributed by atoms with Gasteiger partial charge in [-0.2, -0.15) is 0 Å². The fraction of sp³-hybridized carbons (Fsp3) is 0.375. The van der Waals surface area contributed by atoms with E-state index in [0.717, 1.165) is 11.1 Å². The standard InChI is InChI=1S/C32H40O8/c1-9-21(5)13-16-37-27(33)15-18-38-30(34)26(20-24(8)12-4)29-28(32(36)39-17-14-22(6)10-2)25(31(35)40-29)19-23(7)11-3/h9-14,19-20,25-26,28-29H,1-4,15-18H2,5-8H3. The minimum absolute atomic E-state index is 0.0504. The maximum Gasteiger partial charge on any atom is 0.316 e. The van der Waals surface area contributed by atoms with Gasteiger partial charge in [-0.1, -0.05) is 85.1 Å².